The number of aromatic nitrogens is 2. The highest BCUT2D eigenvalue weighted by Crippen LogP contribution is 2.13. The highest BCUT2D eigenvalue weighted by molar-refractivity contribution is 5.97. The number of carbonyl (C=O) groups excluding carboxylic acids is 9. The van der Waals surface area contributed by atoms with Crippen molar-refractivity contribution in [1.82, 2.24) is 57.8 Å². The van der Waals surface area contributed by atoms with Crippen LogP contribution in [0, 0.1) is 35.5 Å². The molecule has 1 rings (SSSR count). The van der Waals surface area contributed by atoms with E-state index in [4.69, 9.17) is 11.5 Å². The van der Waals surface area contributed by atoms with Gasteiger partial charge in [0.1, 0.15) is 54.4 Å². The van der Waals surface area contributed by atoms with Gasteiger partial charge in [0.05, 0.1) is 18.9 Å². The van der Waals surface area contributed by atoms with Gasteiger partial charge in [-0.2, -0.15) is 0 Å². The Morgan fingerprint density at radius 3 is 1.22 bits per heavy atom. The molecule has 77 heavy (non-hydrogen) atoms. The topological polar surface area (TPSA) is 417 Å². The van der Waals surface area contributed by atoms with Crippen molar-refractivity contribution >= 4 is 65.1 Å². The molecule has 0 aromatic carbocycles. The summed E-state index contributed by atoms with van der Waals surface area (Å²) in [5, 5.41) is 41.8. The number of hydrogen-bond donors (Lipinski definition) is 14. The van der Waals surface area contributed by atoms with Crippen molar-refractivity contribution < 1.29 is 63.0 Å². The second-order valence-corrected chi connectivity index (χ2v) is 21.4. The molecular formula is C51H91N13O13. The molecule has 438 valence electrons. The van der Waals surface area contributed by atoms with Gasteiger partial charge in [-0.15, -0.1) is 0 Å². The number of H-pyrrole nitrogens is 1. The Hall–Kier alpha value is -6.70. The standard InChI is InChI=1S/C26H45N7O6.C25H46N6O7/c1-8-15(6)21(26(38)39)33-25(37)20(14(4)5)32-22(34)16(7)30-24(36)19(9-13(2)3)31-23(35)18(27)10-17-11-28-12-29-17;1-12(2)9-17(23(35)28-16(8)22(34)31-20(14(5)6)25(37)38)30-24(36)18(10-13(3)4)29-21(33)15(7)27-19(32)11-26/h11-16,18-21H,8-10,27H2,1-7H3,(H,28,29)(H,30,36)(H,31,35)(H,32,34)(H,33,37)(H,38,39);12-18,20H,9-11,26H2,1-8H3,(H,27,32)(H,28,35)(H,29,33)(H,30,36)(H,31,34)(H,37,38). The third-order valence-electron chi connectivity index (χ3n) is 12.1. The Balaban J connectivity index is 0.00000150. The normalized spacial score (nSPS) is 15.6. The van der Waals surface area contributed by atoms with Crippen LogP contribution in [0.15, 0.2) is 12.5 Å². The number of nitrogens with one attached hydrogen (secondary N) is 10. The quantitative estimate of drug-likeness (QED) is 0.0425. The van der Waals surface area contributed by atoms with Gasteiger partial charge in [-0.25, -0.2) is 14.6 Å². The molecule has 9 amide bonds. The lowest BCUT2D eigenvalue weighted by Crippen LogP contribution is -2.59. The molecule has 0 saturated heterocycles. The molecule has 26 nitrogen and oxygen atoms in total. The SMILES string of the molecule is CC(C)CC(NC(=O)C(C)NC(=O)CN)C(=O)NC(CC(C)C)C(=O)NC(C)C(=O)NC(C(=O)O)C(C)C.CCC(C)C(NC(=O)C(NC(=O)C(C)NC(=O)C(CC(C)C)NC(=O)C(N)Cc1cnc[nH]1)C(C)C)C(=O)O. The van der Waals surface area contributed by atoms with Crippen LogP contribution in [-0.2, 0) is 59.2 Å². The highest BCUT2D eigenvalue weighted by Gasteiger charge is 2.35. The summed E-state index contributed by atoms with van der Waals surface area (Å²) in [6.07, 6.45) is 4.62. The van der Waals surface area contributed by atoms with Gasteiger partial charge in [0.15, 0.2) is 0 Å². The molecule has 11 unspecified atom stereocenters. The molecule has 1 aromatic heterocycles. The van der Waals surface area contributed by atoms with E-state index in [0.29, 0.717) is 18.5 Å². The Morgan fingerprint density at radius 2 is 0.857 bits per heavy atom. The van der Waals surface area contributed by atoms with Gasteiger partial charge in [0.25, 0.3) is 0 Å². The first-order valence-corrected chi connectivity index (χ1v) is 26.3. The molecule has 0 bridgehead atoms. The first kappa shape index (κ1) is 70.3. The molecule has 0 radical (unpaired) electrons. The number of carbonyl (C=O) groups is 11. The van der Waals surface area contributed by atoms with Crippen LogP contribution in [0.1, 0.15) is 135 Å². The summed E-state index contributed by atoms with van der Waals surface area (Å²) < 4.78 is 0. The van der Waals surface area contributed by atoms with Crippen LogP contribution < -0.4 is 59.3 Å². The lowest BCUT2D eigenvalue weighted by molar-refractivity contribution is -0.144. The van der Waals surface area contributed by atoms with E-state index in [-0.39, 0.29) is 61.3 Å². The van der Waals surface area contributed by atoms with Crippen molar-refractivity contribution in [2.45, 2.75) is 196 Å². The summed E-state index contributed by atoms with van der Waals surface area (Å²) in [6.45, 7) is 25.6. The van der Waals surface area contributed by atoms with Gasteiger partial charge >= 0.3 is 11.9 Å². The van der Waals surface area contributed by atoms with E-state index in [9.17, 15) is 63.0 Å². The number of nitrogens with zero attached hydrogens (tertiary/aromatic N) is 1. The van der Waals surface area contributed by atoms with Crippen LogP contribution >= 0.6 is 0 Å². The summed E-state index contributed by atoms with van der Waals surface area (Å²) in [4.78, 5) is 144. The minimum absolute atomic E-state index is 0.00264. The number of nitrogens with two attached hydrogens (primary N) is 2. The Bertz CT molecular complexity index is 2100. The van der Waals surface area contributed by atoms with Crippen molar-refractivity contribution in [3.63, 3.8) is 0 Å². The first-order chi connectivity index (χ1) is 35.7. The maximum atomic E-state index is 13.2. The van der Waals surface area contributed by atoms with Crippen molar-refractivity contribution in [1.29, 1.82) is 0 Å². The van der Waals surface area contributed by atoms with Crippen LogP contribution in [0.2, 0.25) is 0 Å². The molecule has 0 fully saturated rings. The van der Waals surface area contributed by atoms with Crippen LogP contribution in [-0.4, -0.2) is 152 Å². The van der Waals surface area contributed by atoms with Gasteiger partial charge in [0, 0.05) is 18.3 Å². The molecule has 26 heteroatoms. The molecule has 0 saturated carbocycles. The van der Waals surface area contributed by atoms with Crippen LogP contribution in [0.3, 0.4) is 0 Å². The minimum atomic E-state index is -1.19. The Morgan fingerprint density at radius 1 is 0.494 bits per heavy atom. The number of hydrogen-bond acceptors (Lipinski definition) is 14. The number of imidazole rings is 1. The minimum Gasteiger partial charge on any atom is -0.480 e. The zero-order valence-electron chi connectivity index (χ0n) is 47.6. The summed E-state index contributed by atoms with van der Waals surface area (Å²) in [5.41, 5.74) is 11.9. The lowest BCUT2D eigenvalue weighted by Gasteiger charge is -2.28. The fourth-order valence-corrected chi connectivity index (χ4v) is 7.34. The smallest absolute Gasteiger partial charge is 0.326 e. The molecule has 0 aliphatic heterocycles. The fraction of sp³-hybridized carbons (Fsp3) is 0.725. The maximum absolute atomic E-state index is 13.2. The van der Waals surface area contributed by atoms with E-state index in [0.717, 1.165) is 0 Å². The van der Waals surface area contributed by atoms with Crippen LogP contribution in [0.5, 0.6) is 0 Å². The molecule has 0 aliphatic carbocycles. The van der Waals surface area contributed by atoms with Crippen molar-refractivity contribution in [3.05, 3.63) is 18.2 Å². The maximum Gasteiger partial charge on any atom is 0.326 e. The van der Waals surface area contributed by atoms with Gasteiger partial charge in [0.2, 0.25) is 53.2 Å². The van der Waals surface area contributed by atoms with Gasteiger partial charge in [-0.1, -0.05) is 89.5 Å². The summed E-state index contributed by atoms with van der Waals surface area (Å²) in [6, 6.07) is -10.1. The molecule has 11 atom stereocenters. The van der Waals surface area contributed by atoms with Crippen molar-refractivity contribution in [3.8, 4) is 0 Å². The fourth-order valence-electron chi connectivity index (χ4n) is 7.34. The number of carboxylic acid groups (broad SMARTS) is 2. The van der Waals surface area contributed by atoms with E-state index in [1.165, 1.54) is 27.1 Å². The zero-order chi connectivity index (χ0) is 59.6. The van der Waals surface area contributed by atoms with Gasteiger partial charge < -0.3 is 74.5 Å². The first-order valence-electron chi connectivity index (χ1n) is 26.3. The Labute approximate surface area is 452 Å². The highest BCUT2D eigenvalue weighted by atomic mass is 16.4. The van der Waals surface area contributed by atoms with Crippen molar-refractivity contribution in [2.24, 2.45) is 47.0 Å². The molecule has 1 heterocycles. The number of carboxylic acids is 2. The van der Waals surface area contributed by atoms with E-state index >= 15 is 0 Å². The average molecular weight is 1090 g/mol. The van der Waals surface area contributed by atoms with Crippen molar-refractivity contribution in [2.75, 3.05) is 6.54 Å². The Kier molecular flexibility index (Phi) is 31.8. The molecule has 16 N–H and O–H groups in total. The molecule has 0 aliphatic rings. The number of rotatable bonds is 32. The third-order valence-corrected chi connectivity index (χ3v) is 12.1. The van der Waals surface area contributed by atoms with E-state index in [1.807, 2.05) is 48.5 Å². The summed E-state index contributed by atoms with van der Waals surface area (Å²) >= 11 is 0. The summed E-state index contributed by atoms with van der Waals surface area (Å²) in [5.74, 6) is -8.64. The third kappa shape index (κ3) is 26.8. The predicted octanol–water partition coefficient (Wildman–Crippen LogP) is -0.687. The number of aromatic amines is 1. The molecule has 1 aromatic rings. The monoisotopic (exact) mass is 1090 g/mol. The van der Waals surface area contributed by atoms with Gasteiger partial charge in [-0.3, -0.25) is 43.2 Å². The van der Waals surface area contributed by atoms with Gasteiger partial charge in [-0.05, 0) is 75.5 Å². The largest absolute Gasteiger partial charge is 0.480 e. The molecular weight excluding hydrogens is 1000 g/mol. The second-order valence-electron chi connectivity index (χ2n) is 21.4. The number of amides is 9. The average Bonchev–Trinajstić information content (AvgIpc) is 3.84. The van der Waals surface area contributed by atoms with Crippen LogP contribution in [0.25, 0.3) is 0 Å². The van der Waals surface area contributed by atoms with Crippen LogP contribution in [0.4, 0.5) is 0 Å². The number of aliphatic carboxylic acids is 2. The molecule has 0 spiro atoms. The zero-order valence-corrected chi connectivity index (χ0v) is 47.6. The second kappa shape index (κ2) is 34.9. The predicted molar refractivity (Wildman–Crippen MR) is 286 cm³/mol. The lowest BCUT2D eigenvalue weighted by atomic mass is 9.97. The van der Waals surface area contributed by atoms with E-state index in [1.54, 1.807) is 40.8 Å². The van der Waals surface area contributed by atoms with E-state index in [2.05, 4.69) is 57.8 Å². The van der Waals surface area contributed by atoms with E-state index < -0.39 is 126 Å². The summed E-state index contributed by atoms with van der Waals surface area (Å²) in [7, 11) is 0.